The summed E-state index contributed by atoms with van der Waals surface area (Å²) < 4.78 is 55.3. The predicted molar refractivity (Wildman–Crippen MR) is 197 cm³/mol. The monoisotopic (exact) mass is 706 g/mol. The number of hydrogen-bond donors (Lipinski definition) is 0. The van der Waals surface area contributed by atoms with Gasteiger partial charge < -0.3 is 32.4 Å². The molecule has 1 aromatic heterocycles. The lowest BCUT2D eigenvalue weighted by Crippen LogP contribution is -2.11. The number of rotatable bonds is 17. The van der Waals surface area contributed by atoms with E-state index in [0.717, 1.165) is 16.7 Å². The van der Waals surface area contributed by atoms with E-state index in [4.69, 9.17) is 32.4 Å². The van der Waals surface area contributed by atoms with Crippen molar-refractivity contribution in [3.63, 3.8) is 0 Å². The third-order valence-electron chi connectivity index (χ3n) is 7.77. The van der Waals surface area contributed by atoms with Crippen LogP contribution in [0, 0.1) is 0 Å². The SMILES string of the molecule is CCOP(=O)(COc1cc(-c2oc3cc(OCc4ccccc4)ccc3c(=O)c2OCc2ccccc2)ccc1OCc1ccccc1)OCC. The molecule has 0 radical (unpaired) electrons. The highest BCUT2D eigenvalue weighted by Gasteiger charge is 2.26. The van der Waals surface area contributed by atoms with Crippen LogP contribution < -0.4 is 24.4 Å². The van der Waals surface area contributed by atoms with Crippen LogP contribution in [0.15, 0.2) is 137 Å². The van der Waals surface area contributed by atoms with E-state index in [9.17, 15) is 9.36 Å². The second-order valence-electron chi connectivity index (χ2n) is 11.5. The topological polar surface area (TPSA) is 103 Å². The first-order valence-corrected chi connectivity index (χ1v) is 18.4. The van der Waals surface area contributed by atoms with Crippen molar-refractivity contribution in [1.29, 1.82) is 0 Å². The van der Waals surface area contributed by atoms with Crippen molar-refractivity contribution in [3.05, 3.63) is 154 Å². The van der Waals surface area contributed by atoms with Crippen LogP contribution >= 0.6 is 7.60 Å². The van der Waals surface area contributed by atoms with Gasteiger partial charge in [-0.3, -0.25) is 9.36 Å². The van der Waals surface area contributed by atoms with Crippen LogP contribution in [-0.4, -0.2) is 19.6 Å². The first-order chi connectivity index (χ1) is 24.9. The maximum absolute atomic E-state index is 14.1. The third-order valence-corrected chi connectivity index (χ3v) is 9.52. The summed E-state index contributed by atoms with van der Waals surface area (Å²) in [6.07, 6.45) is -0.360. The average molecular weight is 707 g/mol. The summed E-state index contributed by atoms with van der Waals surface area (Å²) in [6, 6.07) is 39.3. The maximum Gasteiger partial charge on any atom is 0.367 e. The Hall–Kier alpha value is -5.34. The minimum atomic E-state index is -3.59. The molecule has 51 heavy (non-hydrogen) atoms. The van der Waals surface area contributed by atoms with Crippen LogP contribution in [-0.2, 0) is 33.4 Å². The molecule has 0 atom stereocenters. The molecule has 0 spiro atoms. The summed E-state index contributed by atoms with van der Waals surface area (Å²) in [5, 5.41) is 0.336. The lowest BCUT2D eigenvalue weighted by molar-refractivity contribution is 0.194. The summed E-state index contributed by atoms with van der Waals surface area (Å²) >= 11 is 0. The molecule has 0 bridgehead atoms. The number of benzene rings is 5. The molecule has 0 saturated heterocycles. The van der Waals surface area contributed by atoms with Gasteiger partial charge in [0.25, 0.3) is 0 Å². The normalized spacial score (nSPS) is 11.3. The van der Waals surface area contributed by atoms with Crippen molar-refractivity contribution in [2.45, 2.75) is 33.7 Å². The average Bonchev–Trinajstić information content (AvgIpc) is 3.16. The minimum absolute atomic E-state index is 0.0301. The molecule has 10 heteroatoms. The van der Waals surface area contributed by atoms with Gasteiger partial charge in [0, 0.05) is 11.6 Å². The van der Waals surface area contributed by atoms with Gasteiger partial charge in [-0.25, -0.2) is 0 Å². The fraction of sp³-hybridized carbons (Fsp3) is 0.195. The Morgan fingerprint density at radius 2 is 1.16 bits per heavy atom. The molecular formula is C41H39O9P. The lowest BCUT2D eigenvalue weighted by atomic mass is 10.1. The number of fused-ring (bicyclic) bond motifs is 1. The van der Waals surface area contributed by atoms with E-state index in [1.807, 2.05) is 91.0 Å². The van der Waals surface area contributed by atoms with Gasteiger partial charge in [-0.15, -0.1) is 0 Å². The van der Waals surface area contributed by atoms with Gasteiger partial charge in [0.1, 0.15) is 31.2 Å². The van der Waals surface area contributed by atoms with Crippen molar-refractivity contribution in [3.8, 4) is 34.3 Å². The molecule has 0 fully saturated rings. The second-order valence-corrected chi connectivity index (χ2v) is 13.4. The summed E-state index contributed by atoms with van der Waals surface area (Å²) in [7, 11) is -3.59. The van der Waals surface area contributed by atoms with Gasteiger partial charge in [0.15, 0.2) is 23.6 Å². The first kappa shape index (κ1) is 35.5. The Morgan fingerprint density at radius 3 is 1.75 bits per heavy atom. The highest BCUT2D eigenvalue weighted by atomic mass is 31.2. The molecule has 5 aromatic carbocycles. The maximum atomic E-state index is 14.1. The number of hydrogen-bond acceptors (Lipinski definition) is 9. The molecule has 6 rings (SSSR count). The summed E-state index contributed by atoms with van der Waals surface area (Å²) in [6.45, 7) is 4.57. The van der Waals surface area contributed by atoms with E-state index in [0.29, 0.717) is 34.6 Å². The highest BCUT2D eigenvalue weighted by molar-refractivity contribution is 7.53. The molecule has 1 heterocycles. The summed E-state index contributed by atoms with van der Waals surface area (Å²) in [5.41, 5.74) is 3.27. The second kappa shape index (κ2) is 17.1. The quantitative estimate of drug-likeness (QED) is 0.0858. The summed E-state index contributed by atoms with van der Waals surface area (Å²) in [5.74, 6) is 1.38. The third kappa shape index (κ3) is 9.27. The zero-order chi connectivity index (χ0) is 35.5. The molecule has 0 saturated carbocycles. The van der Waals surface area contributed by atoms with Gasteiger partial charge in [-0.1, -0.05) is 91.0 Å². The van der Waals surface area contributed by atoms with Crippen LogP contribution in [0.2, 0.25) is 0 Å². The van der Waals surface area contributed by atoms with Crippen molar-refractivity contribution in [2.75, 3.05) is 19.6 Å². The van der Waals surface area contributed by atoms with Gasteiger partial charge in [0.2, 0.25) is 11.2 Å². The molecule has 6 aromatic rings. The van der Waals surface area contributed by atoms with Crippen LogP contribution in [0.3, 0.4) is 0 Å². The molecule has 0 amide bonds. The Morgan fingerprint density at radius 1 is 0.588 bits per heavy atom. The Balaban J connectivity index is 1.40. The fourth-order valence-electron chi connectivity index (χ4n) is 5.31. The molecule has 9 nitrogen and oxygen atoms in total. The fourth-order valence-corrected chi connectivity index (χ4v) is 6.62. The molecule has 0 N–H and O–H groups in total. The Bertz CT molecular complexity index is 2120. The van der Waals surface area contributed by atoms with Gasteiger partial charge in [0.05, 0.1) is 18.6 Å². The minimum Gasteiger partial charge on any atom is -0.489 e. The molecule has 0 aliphatic rings. The largest absolute Gasteiger partial charge is 0.489 e. The number of ether oxygens (including phenoxy) is 4. The van der Waals surface area contributed by atoms with E-state index in [2.05, 4.69) is 0 Å². The molecule has 0 aliphatic carbocycles. The standard InChI is InChI=1S/C41H39O9P/c1-3-48-51(43,49-4-2)29-47-38-24-33(20-23-36(38)45-27-31-16-10-6-11-17-31)40-41(46-28-32-18-12-7-13-19-32)39(42)35-22-21-34(25-37(35)50-40)44-26-30-14-8-5-9-15-30/h5-25H,3-4,26-29H2,1-2H3. The van der Waals surface area contributed by atoms with Crippen LogP contribution in [0.4, 0.5) is 0 Å². The predicted octanol–water partition coefficient (Wildman–Crippen LogP) is 9.80. The Kier molecular flexibility index (Phi) is 11.9. The Labute approximate surface area is 296 Å². The molecule has 0 unspecified atom stereocenters. The highest BCUT2D eigenvalue weighted by Crippen LogP contribution is 2.49. The molecule has 0 aliphatic heterocycles. The first-order valence-electron chi connectivity index (χ1n) is 16.7. The van der Waals surface area contributed by atoms with E-state index >= 15 is 0 Å². The van der Waals surface area contributed by atoms with Gasteiger partial charge >= 0.3 is 7.60 Å². The molecular weight excluding hydrogens is 667 g/mol. The van der Waals surface area contributed by atoms with E-state index in [1.54, 1.807) is 50.2 Å². The summed E-state index contributed by atoms with van der Waals surface area (Å²) in [4.78, 5) is 14.1. The lowest BCUT2D eigenvalue weighted by Gasteiger charge is -2.19. The van der Waals surface area contributed by atoms with E-state index in [1.165, 1.54) is 0 Å². The van der Waals surface area contributed by atoms with Crippen LogP contribution in [0.5, 0.6) is 23.0 Å². The van der Waals surface area contributed by atoms with Crippen molar-refractivity contribution in [1.82, 2.24) is 0 Å². The van der Waals surface area contributed by atoms with Crippen molar-refractivity contribution in [2.24, 2.45) is 0 Å². The zero-order valence-electron chi connectivity index (χ0n) is 28.5. The van der Waals surface area contributed by atoms with Crippen LogP contribution in [0.1, 0.15) is 30.5 Å². The van der Waals surface area contributed by atoms with Gasteiger partial charge in [-0.05, 0) is 60.9 Å². The van der Waals surface area contributed by atoms with Crippen LogP contribution in [0.25, 0.3) is 22.3 Å². The smallest absolute Gasteiger partial charge is 0.367 e. The zero-order valence-corrected chi connectivity index (χ0v) is 29.4. The van der Waals surface area contributed by atoms with Crippen molar-refractivity contribution < 1.29 is 37.0 Å². The molecule has 262 valence electrons. The van der Waals surface area contributed by atoms with E-state index in [-0.39, 0.29) is 55.5 Å². The van der Waals surface area contributed by atoms with Crippen molar-refractivity contribution >= 4 is 18.6 Å². The van der Waals surface area contributed by atoms with E-state index < -0.39 is 7.60 Å². The van der Waals surface area contributed by atoms with Gasteiger partial charge in [-0.2, -0.15) is 0 Å².